The van der Waals surface area contributed by atoms with Gasteiger partial charge in [0.2, 0.25) is 5.91 Å². The zero-order chi connectivity index (χ0) is 14.3. The Morgan fingerprint density at radius 1 is 1.68 bits per heavy atom. The van der Waals surface area contributed by atoms with Crippen LogP contribution in [0.1, 0.15) is 19.2 Å². The van der Waals surface area contributed by atoms with Crippen molar-refractivity contribution < 1.29 is 9.53 Å². The van der Waals surface area contributed by atoms with Gasteiger partial charge in [-0.05, 0) is 13.3 Å². The quantitative estimate of drug-likeness (QED) is 0.721. The highest BCUT2D eigenvalue weighted by Gasteiger charge is 2.28. The maximum absolute atomic E-state index is 12.2. The summed E-state index contributed by atoms with van der Waals surface area (Å²) in [7, 11) is 3.57. The molecule has 0 aliphatic heterocycles. The fourth-order valence-electron chi connectivity index (χ4n) is 1.75. The van der Waals surface area contributed by atoms with E-state index in [4.69, 9.17) is 4.74 Å². The van der Waals surface area contributed by atoms with Crippen LogP contribution in [0, 0.1) is 5.41 Å². The van der Waals surface area contributed by atoms with Crippen LogP contribution in [-0.2, 0) is 23.0 Å². The molecule has 5 nitrogen and oxygen atoms in total. The van der Waals surface area contributed by atoms with Crippen LogP contribution < -0.4 is 5.32 Å². The molecule has 0 aliphatic carbocycles. The van der Waals surface area contributed by atoms with Crippen LogP contribution in [-0.4, -0.2) is 35.7 Å². The lowest BCUT2D eigenvalue weighted by molar-refractivity contribution is -0.128. The van der Waals surface area contributed by atoms with Crippen molar-refractivity contribution in [2.45, 2.75) is 19.8 Å². The Hall–Kier alpha value is -1.62. The third-order valence-corrected chi connectivity index (χ3v) is 3.35. The van der Waals surface area contributed by atoms with E-state index in [1.54, 1.807) is 19.4 Å². The number of aryl methyl sites for hydroxylation is 1. The third kappa shape index (κ3) is 4.21. The van der Waals surface area contributed by atoms with Gasteiger partial charge in [0.15, 0.2) is 0 Å². The first-order valence-corrected chi connectivity index (χ1v) is 6.40. The minimum absolute atomic E-state index is 0.0197. The van der Waals surface area contributed by atoms with E-state index in [2.05, 4.69) is 16.9 Å². The normalized spacial score (nSPS) is 13.8. The number of aromatic nitrogens is 2. The molecule has 0 saturated heterocycles. The predicted molar refractivity (Wildman–Crippen MR) is 74.7 cm³/mol. The van der Waals surface area contributed by atoms with Gasteiger partial charge < -0.3 is 14.6 Å². The van der Waals surface area contributed by atoms with Crippen molar-refractivity contribution >= 4 is 5.91 Å². The van der Waals surface area contributed by atoms with Crippen molar-refractivity contribution in [3.8, 4) is 0 Å². The molecule has 5 heteroatoms. The number of hydrogen-bond donors (Lipinski definition) is 1. The number of amides is 1. The largest absolute Gasteiger partial charge is 0.385 e. The number of imidazole rings is 1. The number of hydrogen-bond acceptors (Lipinski definition) is 3. The zero-order valence-electron chi connectivity index (χ0n) is 12.0. The lowest BCUT2D eigenvalue weighted by Gasteiger charge is -2.24. The van der Waals surface area contributed by atoms with Crippen molar-refractivity contribution in [2.75, 3.05) is 20.3 Å². The second-order valence-corrected chi connectivity index (χ2v) is 4.82. The molecule has 0 radical (unpaired) electrons. The van der Waals surface area contributed by atoms with Crippen molar-refractivity contribution in [1.29, 1.82) is 0 Å². The van der Waals surface area contributed by atoms with E-state index in [-0.39, 0.29) is 5.91 Å². The van der Waals surface area contributed by atoms with Gasteiger partial charge in [-0.3, -0.25) is 4.79 Å². The maximum atomic E-state index is 12.2. The minimum atomic E-state index is -0.586. The van der Waals surface area contributed by atoms with E-state index in [0.29, 0.717) is 26.0 Å². The van der Waals surface area contributed by atoms with Crippen molar-refractivity contribution in [3.63, 3.8) is 0 Å². The first-order chi connectivity index (χ1) is 9.03. The molecular formula is C14H23N3O2. The monoisotopic (exact) mass is 265 g/mol. The lowest BCUT2D eigenvalue weighted by atomic mass is 9.86. The van der Waals surface area contributed by atoms with Crippen LogP contribution in [0.5, 0.6) is 0 Å². The summed E-state index contributed by atoms with van der Waals surface area (Å²) < 4.78 is 6.98. The van der Waals surface area contributed by atoms with Crippen molar-refractivity contribution in [2.24, 2.45) is 12.5 Å². The topological polar surface area (TPSA) is 56.1 Å². The second-order valence-electron chi connectivity index (χ2n) is 4.82. The summed E-state index contributed by atoms with van der Waals surface area (Å²) in [6.07, 6.45) is 6.67. The number of nitrogens with zero attached hydrogens (tertiary/aromatic N) is 2. The summed E-state index contributed by atoms with van der Waals surface area (Å²) in [6.45, 7) is 6.72. The summed E-state index contributed by atoms with van der Waals surface area (Å²) in [5, 5.41) is 2.93. The van der Waals surface area contributed by atoms with Crippen LogP contribution >= 0.6 is 0 Å². The first-order valence-electron chi connectivity index (χ1n) is 6.40. The average Bonchev–Trinajstić information content (AvgIpc) is 2.81. The Bertz CT molecular complexity index is 428. The number of carbonyl (C=O) groups is 1. The molecule has 1 amide bonds. The Labute approximate surface area is 114 Å². The molecule has 1 atom stereocenters. The van der Waals surface area contributed by atoms with Gasteiger partial charge in [-0.2, -0.15) is 0 Å². The molecule has 106 valence electrons. The Balaban J connectivity index is 2.45. The average molecular weight is 265 g/mol. The Morgan fingerprint density at radius 3 is 2.95 bits per heavy atom. The summed E-state index contributed by atoms with van der Waals surface area (Å²) in [5.74, 6) is 0.936. The molecule has 0 unspecified atom stereocenters. The standard InChI is InChI=1S/C14H23N3O2/c1-5-14(2,7-11-19-4)13(18)16-8-6-12-15-9-10-17(12)3/h5,9-10H,1,6-8,11H2,2-4H3,(H,16,18)/t14-/m1/s1. The van der Waals surface area contributed by atoms with Gasteiger partial charge in [-0.1, -0.05) is 6.08 Å². The second kappa shape index (κ2) is 7.09. The summed E-state index contributed by atoms with van der Waals surface area (Å²) in [4.78, 5) is 16.4. The van der Waals surface area contributed by atoms with Crippen LogP contribution in [0.3, 0.4) is 0 Å². The van der Waals surface area contributed by atoms with E-state index in [0.717, 1.165) is 5.82 Å². The van der Waals surface area contributed by atoms with Crippen LogP contribution in [0.2, 0.25) is 0 Å². The predicted octanol–water partition coefficient (Wildman–Crippen LogP) is 1.31. The Kier molecular flexibility index (Phi) is 5.76. The summed E-state index contributed by atoms with van der Waals surface area (Å²) >= 11 is 0. The molecule has 0 aromatic carbocycles. The summed E-state index contributed by atoms with van der Waals surface area (Å²) in [5.41, 5.74) is -0.586. The SMILES string of the molecule is C=C[C@](C)(CCOC)C(=O)NCCc1nccn1C. The molecule has 0 bridgehead atoms. The van der Waals surface area contributed by atoms with Gasteiger partial charge in [0.1, 0.15) is 5.82 Å². The van der Waals surface area contributed by atoms with Gasteiger partial charge >= 0.3 is 0 Å². The first kappa shape index (κ1) is 15.4. The highest BCUT2D eigenvalue weighted by molar-refractivity contribution is 5.84. The van der Waals surface area contributed by atoms with E-state index in [9.17, 15) is 4.79 Å². The number of rotatable bonds is 8. The molecule has 1 rings (SSSR count). The van der Waals surface area contributed by atoms with Gasteiger partial charge in [0.25, 0.3) is 0 Å². The molecule has 0 aliphatic rings. The number of carbonyl (C=O) groups excluding carboxylic acids is 1. The number of nitrogens with one attached hydrogen (secondary N) is 1. The van der Waals surface area contributed by atoms with E-state index >= 15 is 0 Å². The molecule has 0 fully saturated rings. The minimum Gasteiger partial charge on any atom is -0.385 e. The van der Waals surface area contributed by atoms with Gasteiger partial charge in [-0.15, -0.1) is 6.58 Å². The fourth-order valence-corrected chi connectivity index (χ4v) is 1.75. The summed E-state index contributed by atoms with van der Waals surface area (Å²) in [6, 6.07) is 0. The van der Waals surface area contributed by atoms with Crippen LogP contribution in [0.4, 0.5) is 0 Å². The molecule has 1 aromatic heterocycles. The van der Waals surface area contributed by atoms with Gasteiger partial charge in [0, 0.05) is 46.1 Å². The van der Waals surface area contributed by atoms with Crippen LogP contribution in [0.15, 0.2) is 25.0 Å². The molecule has 19 heavy (non-hydrogen) atoms. The van der Waals surface area contributed by atoms with Gasteiger partial charge in [0.05, 0.1) is 5.41 Å². The number of ether oxygens (including phenoxy) is 1. The zero-order valence-corrected chi connectivity index (χ0v) is 12.0. The highest BCUT2D eigenvalue weighted by atomic mass is 16.5. The Morgan fingerprint density at radius 2 is 2.42 bits per heavy atom. The molecule has 0 saturated carbocycles. The van der Waals surface area contributed by atoms with Crippen molar-refractivity contribution in [1.82, 2.24) is 14.9 Å². The van der Waals surface area contributed by atoms with E-state index < -0.39 is 5.41 Å². The molecule has 1 heterocycles. The lowest BCUT2D eigenvalue weighted by Crippen LogP contribution is -2.39. The molecule has 1 N–H and O–H groups in total. The van der Waals surface area contributed by atoms with Gasteiger partial charge in [-0.25, -0.2) is 4.98 Å². The highest BCUT2D eigenvalue weighted by Crippen LogP contribution is 2.22. The van der Waals surface area contributed by atoms with E-state index in [1.165, 1.54) is 0 Å². The third-order valence-electron chi connectivity index (χ3n) is 3.35. The fraction of sp³-hybridized carbons (Fsp3) is 0.571. The van der Waals surface area contributed by atoms with Crippen molar-refractivity contribution in [3.05, 3.63) is 30.9 Å². The molecule has 0 spiro atoms. The number of methoxy groups -OCH3 is 1. The molecular weight excluding hydrogens is 242 g/mol. The smallest absolute Gasteiger partial charge is 0.229 e. The van der Waals surface area contributed by atoms with Crippen LogP contribution in [0.25, 0.3) is 0 Å². The maximum Gasteiger partial charge on any atom is 0.229 e. The van der Waals surface area contributed by atoms with E-state index in [1.807, 2.05) is 24.7 Å². The molecule has 1 aromatic rings.